The molecule has 3 rings (SSSR count). The molecule has 0 amide bonds. The molecule has 3 aliphatic rings. The van der Waals surface area contributed by atoms with Gasteiger partial charge in [-0.15, -0.1) is 0 Å². The maximum Gasteiger partial charge on any atom is 0.308 e. The molecule has 2 N–H and O–H groups in total. The first-order chi connectivity index (χ1) is 27.4. The first-order valence-electron chi connectivity index (χ1n) is 20.4. The maximum atomic E-state index is 13.0. The van der Waals surface area contributed by atoms with Gasteiger partial charge in [0.05, 0.1) is 36.9 Å². The summed E-state index contributed by atoms with van der Waals surface area (Å²) in [5, 5.41) is 23.6. The molecule has 0 saturated carbocycles. The highest BCUT2D eigenvalue weighted by molar-refractivity contribution is 5.70. The van der Waals surface area contributed by atoms with Crippen LogP contribution in [0, 0.1) is 11.8 Å². The third-order valence-corrected chi connectivity index (χ3v) is 11.2. The molecule has 0 aromatic heterocycles. The van der Waals surface area contributed by atoms with Crippen LogP contribution >= 0.6 is 0 Å². The lowest BCUT2D eigenvalue weighted by atomic mass is 9.82. The van der Waals surface area contributed by atoms with Crippen LogP contribution < -0.4 is 0 Å². The number of carbonyl (C=O) groups is 4. The third kappa shape index (κ3) is 13.6. The van der Waals surface area contributed by atoms with E-state index < -0.39 is 110 Å². The van der Waals surface area contributed by atoms with Crippen molar-refractivity contribution in [2.45, 2.75) is 179 Å². The number of allylic oxidation sites excluding steroid dienone is 2. The normalized spacial score (nSPS) is 40.6. The number of methoxy groups -OCH3 is 2. The smallest absolute Gasteiger partial charge is 0.308 e. The summed E-state index contributed by atoms with van der Waals surface area (Å²) in [6, 6.07) is -0.731. The second kappa shape index (κ2) is 23.3. The van der Waals surface area contributed by atoms with Gasteiger partial charge in [-0.1, -0.05) is 32.1 Å². The van der Waals surface area contributed by atoms with Gasteiger partial charge in [0.1, 0.15) is 42.4 Å². The lowest BCUT2D eigenvalue weighted by molar-refractivity contribution is -0.345. The molecule has 0 aliphatic carbocycles. The lowest BCUT2D eigenvalue weighted by Crippen LogP contribution is -2.66. The van der Waals surface area contributed by atoms with Gasteiger partial charge in [-0.05, 0) is 72.5 Å². The Labute approximate surface area is 343 Å². The summed E-state index contributed by atoms with van der Waals surface area (Å²) in [7, 11) is 6.46. The standard InChI is InChI=1S/C42H69NO15/c1-12-16-32(47)56-40-27(5)53-34(23-42(40,7)51-11)57-37-26(4)54-41(36(49)35(37)43(8)9)58-38-29(19-20-44)21-24(2)31(55-28(6)45)18-15-13-14-17-25(3)52-33(48)22-30(46)39(38)50-10/h13-15,18,20,24-27,29-31,34-41,46,49H,12,16-17,19,21-23H2,1-11H3/b14-13+,18-15+/t24-,25-,26-,27+,29+,30-,31+,34+,35-,36-,37-,38+,39+,40+,41+,42-/m1/s1. The first kappa shape index (κ1) is 49.6. The molecule has 16 nitrogen and oxygen atoms in total. The van der Waals surface area contributed by atoms with Crippen LogP contribution in [-0.2, 0) is 61.8 Å². The molecule has 0 aromatic rings. The number of likely N-dealkylation sites (N-methyl/N-ethyl adjacent to an activating group) is 1. The zero-order chi connectivity index (χ0) is 43.3. The van der Waals surface area contributed by atoms with Crippen molar-refractivity contribution in [1.82, 2.24) is 4.90 Å². The number of ether oxygens (including phenoxy) is 9. The molecule has 3 aliphatic heterocycles. The molecule has 16 heteroatoms. The van der Waals surface area contributed by atoms with Gasteiger partial charge in [-0.25, -0.2) is 0 Å². The highest BCUT2D eigenvalue weighted by Gasteiger charge is 2.53. The van der Waals surface area contributed by atoms with Crippen molar-refractivity contribution in [2.75, 3.05) is 28.3 Å². The number of rotatable bonds is 13. The molecule has 0 unspecified atom stereocenters. The van der Waals surface area contributed by atoms with Crippen LogP contribution in [0.1, 0.15) is 93.4 Å². The maximum absolute atomic E-state index is 13.0. The van der Waals surface area contributed by atoms with E-state index in [9.17, 15) is 29.4 Å². The van der Waals surface area contributed by atoms with Gasteiger partial charge in [-0.3, -0.25) is 14.4 Å². The molecular weight excluding hydrogens is 758 g/mol. The van der Waals surface area contributed by atoms with E-state index in [0.29, 0.717) is 12.8 Å². The summed E-state index contributed by atoms with van der Waals surface area (Å²) in [6.07, 6.45) is -2.17. The SMILES string of the molecule is CCCC(=O)O[C@H]1[C@H](C)O[C@@H](O[C@H]2[C@H](N(C)C)[C@@H](O)[C@H](O[C@H]3[C@@H](CC=O)C[C@@H](C)[C@@H](OC(C)=O)/C=C/C=C/C[C@@H](C)OC(=O)C[C@@H](O)[C@@H]3OC)O[C@@H]2C)C[C@@]1(C)OC. The number of esters is 3. The Balaban J connectivity index is 1.97. The van der Waals surface area contributed by atoms with Crippen LogP contribution in [0.4, 0.5) is 0 Å². The van der Waals surface area contributed by atoms with Gasteiger partial charge in [0.25, 0.3) is 0 Å². The van der Waals surface area contributed by atoms with Crippen molar-refractivity contribution in [3.63, 3.8) is 0 Å². The van der Waals surface area contributed by atoms with Crippen LogP contribution in [-0.4, -0.2) is 153 Å². The van der Waals surface area contributed by atoms with Gasteiger partial charge in [0.2, 0.25) is 0 Å². The van der Waals surface area contributed by atoms with E-state index in [4.69, 9.17) is 42.6 Å². The number of nitrogens with zero attached hydrogens (tertiary/aromatic N) is 1. The Hall–Kier alpha value is -2.80. The Kier molecular flexibility index (Phi) is 19.9. The Morgan fingerprint density at radius 2 is 1.71 bits per heavy atom. The molecule has 0 aromatic carbocycles. The fourth-order valence-corrected chi connectivity index (χ4v) is 8.18. The number of aliphatic hydroxyl groups excluding tert-OH is 2. The highest BCUT2D eigenvalue weighted by atomic mass is 16.7. The van der Waals surface area contributed by atoms with Crippen LogP contribution in [0.2, 0.25) is 0 Å². The quantitative estimate of drug-likeness (QED) is 0.156. The minimum atomic E-state index is -1.45. The average molecular weight is 828 g/mol. The van der Waals surface area contributed by atoms with Crippen molar-refractivity contribution in [3.05, 3.63) is 24.3 Å². The monoisotopic (exact) mass is 827 g/mol. The number of hydrogen-bond acceptors (Lipinski definition) is 16. The predicted octanol–water partition coefficient (Wildman–Crippen LogP) is 3.42. The van der Waals surface area contributed by atoms with Crippen LogP contribution in [0.5, 0.6) is 0 Å². The van der Waals surface area contributed by atoms with E-state index in [0.717, 1.165) is 6.29 Å². The zero-order valence-corrected chi connectivity index (χ0v) is 36.1. The van der Waals surface area contributed by atoms with E-state index in [1.54, 1.807) is 65.1 Å². The first-order valence-corrected chi connectivity index (χ1v) is 20.4. The fourth-order valence-electron chi connectivity index (χ4n) is 8.18. The lowest BCUT2D eigenvalue weighted by Gasteiger charge is -2.51. The average Bonchev–Trinajstić information content (AvgIpc) is 3.13. The van der Waals surface area contributed by atoms with Crippen molar-refractivity contribution in [3.8, 4) is 0 Å². The molecule has 0 radical (unpaired) electrons. The summed E-state index contributed by atoms with van der Waals surface area (Å²) in [5.74, 6) is -2.53. The third-order valence-electron chi connectivity index (χ3n) is 11.2. The number of aliphatic hydroxyl groups is 2. The largest absolute Gasteiger partial charge is 0.462 e. The summed E-state index contributed by atoms with van der Waals surface area (Å²) >= 11 is 0. The summed E-state index contributed by atoms with van der Waals surface area (Å²) < 4.78 is 54.6. The van der Waals surface area contributed by atoms with Gasteiger partial charge in [-0.2, -0.15) is 0 Å². The number of cyclic esters (lactones) is 1. The summed E-state index contributed by atoms with van der Waals surface area (Å²) in [6.45, 7) is 12.2. The molecule has 0 spiro atoms. The molecule has 3 heterocycles. The molecule has 58 heavy (non-hydrogen) atoms. The second-order valence-electron chi connectivity index (χ2n) is 16.3. The predicted molar refractivity (Wildman–Crippen MR) is 210 cm³/mol. The van der Waals surface area contributed by atoms with Crippen molar-refractivity contribution in [2.24, 2.45) is 11.8 Å². The van der Waals surface area contributed by atoms with Crippen molar-refractivity contribution in [1.29, 1.82) is 0 Å². The molecule has 0 bridgehead atoms. The zero-order valence-electron chi connectivity index (χ0n) is 36.1. The minimum absolute atomic E-state index is 0.0646. The van der Waals surface area contributed by atoms with Gasteiger partial charge < -0.3 is 62.5 Å². The number of hydrogen-bond donors (Lipinski definition) is 2. The molecule has 2 fully saturated rings. The minimum Gasteiger partial charge on any atom is -0.462 e. The number of carbonyl (C=O) groups excluding carboxylic acids is 4. The van der Waals surface area contributed by atoms with E-state index in [2.05, 4.69) is 0 Å². The van der Waals surface area contributed by atoms with Crippen LogP contribution in [0.25, 0.3) is 0 Å². The van der Waals surface area contributed by atoms with E-state index in [1.807, 2.05) is 26.8 Å². The Bertz CT molecular complexity index is 1380. The second-order valence-corrected chi connectivity index (χ2v) is 16.3. The van der Waals surface area contributed by atoms with Crippen LogP contribution in [0.3, 0.4) is 0 Å². The Morgan fingerprint density at radius 1 is 1.00 bits per heavy atom. The van der Waals surface area contributed by atoms with Crippen molar-refractivity contribution < 1.29 is 72.0 Å². The molecule has 2 saturated heterocycles. The van der Waals surface area contributed by atoms with Crippen molar-refractivity contribution >= 4 is 24.2 Å². The Morgan fingerprint density at radius 3 is 2.31 bits per heavy atom. The fraction of sp³-hybridized carbons (Fsp3) is 0.810. The van der Waals surface area contributed by atoms with Crippen LogP contribution in [0.15, 0.2) is 24.3 Å². The summed E-state index contributed by atoms with van der Waals surface area (Å²) in [4.78, 5) is 51.7. The van der Waals surface area contributed by atoms with Gasteiger partial charge in [0, 0.05) is 46.8 Å². The highest BCUT2D eigenvalue weighted by Crippen LogP contribution is 2.39. The van der Waals surface area contributed by atoms with E-state index in [1.165, 1.54) is 14.0 Å². The molecular formula is C42H69NO15. The topological polar surface area (TPSA) is 195 Å². The summed E-state index contributed by atoms with van der Waals surface area (Å²) in [5.41, 5.74) is -0.946. The number of aldehydes is 1. The van der Waals surface area contributed by atoms with E-state index >= 15 is 0 Å². The molecule has 332 valence electrons. The molecule has 16 atom stereocenters. The van der Waals surface area contributed by atoms with Gasteiger partial charge >= 0.3 is 17.9 Å². The van der Waals surface area contributed by atoms with E-state index in [-0.39, 0.29) is 37.6 Å². The van der Waals surface area contributed by atoms with Gasteiger partial charge in [0.15, 0.2) is 18.7 Å².